The molecule has 172 valence electrons. The van der Waals surface area contributed by atoms with Gasteiger partial charge in [0.05, 0.1) is 0 Å². The molecule has 2 fully saturated rings. The lowest BCUT2D eigenvalue weighted by Gasteiger charge is -2.29. The molecule has 2 aromatic rings. The number of piperidine rings is 1. The van der Waals surface area contributed by atoms with Crippen molar-refractivity contribution in [1.29, 1.82) is 0 Å². The topological polar surface area (TPSA) is 93.8 Å². The molecule has 1 atom stereocenters. The SMILES string of the molecule is O=C1CCC(N2Cc3cc(CNCc4ccc(N5CCNCC5)cc4)ccc3C2=O)C(=O)N1. The Balaban J connectivity index is 1.16. The summed E-state index contributed by atoms with van der Waals surface area (Å²) in [6, 6.07) is 14.0. The molecule has 0 aliphatic carbocycles. The summed E-state index contributed by atoms with van der Waals surface area (Å²) in [5.41, 5.74) is 5.18. The Morgan fingerprint density at radius 2 is 1.67 bits per heavy atom. The number of rotatable bonds is 6. The van der Waals surface area contributed by atoms with Gasteiger partial charge in [0, 0.05) is 63.5 Å². The van der Waals surface area contributed by atoms with Crippen LogP contribution in [0.2, 0.25) is 0 Å². The fraction of sp³-hybridized carbons (Fsp3) is 0.400. The quantitative estimate of drug-likeness (QED) is 0.576. The van der Waals surface area contributed by atoms with Crippen molar-refractivity contribution in [1.82, 2.24) is 20.9 Å². The fourth-order valence-electron chi connectivity index (χ4n) is 4.84. The second-order valence-electron chi connectivity index (χ2n) is 8.90. The van der Waals surface area contributed by atoms with Crippen LogP contribution in [0.3, 0.4) is 0 Å². The number of benzene rings is 2. The lowest BCUT2D eigenvalue weighted by atomic mass is 10.0. The van der Waals surface area contributed by atoms with Gasteiger partial charge < -0.3 is 20.4 Å². The molecule has 0 aromatic heterocycles. The van der Waals surface area contributed by atoms with Crippen LogP contribution in [0, 0.1) is 0 Å². The molecule has 3 heterocycles. The monoisotopic (exact) mass is 447 g/mol. The van der Waals surface area contributed by atoms with Crippen LogP contribution in [0.25, 0.3) is 0 Å². The van der Waals surface area contributed by atoms with E-state index < -0.39 is 6.04 Å². The standard InChI is InChI=1S/C25H29N5O3/c31-23-8-7-22(24(32)28-23)30-16-19-13-18(3-6-21(19)25(30)33)15-27-14-17-1-4-20(5-2-17)29-11-9-26-10-12-29/h1-6,13,22,26-27H,7-12,14-16H2,(H,28,31,32). The van der Waals surface area contributed by atoms with Gasteiger partial charge in [-0.25, -0.2) is 0 Å². The average molecular weight is 448 g/mol. The molecule has 3 amide bonds. The first-order valence-corrected chi connectivity index (χ1v) is 11.6. The molecule has 8 heteroatoms. The van der Waals surface area contributed by atoms with Crippen molar-refractivity contribution in [3.8, 4) is 0 Å². The molecule has 1 unspecified atom stereocenters. The summed E-state index contributed by atoms with van der Waals surface area (Å²) >= 11 is 0. The van der Waals surface area contributed by atoms with E-state index in [9.17, 15) is 14.4 Å². The van der Waals surface area contributed by atoms with Crippen LogP contribution < -0.4 is 20.9 Å². The van der Waals surface area contributed by atoms with E-state index in [1.54, 1.807) is 4.90 Å². The molecule has 0 saturated carbocycles. The Morgan fingerprint density at radius 3 is 2.42 bits per heavy atom. The summed E-state index contributed by atoms with van der Waals surface area (Å²) in [5, 5.41) is 9.20. The van der Waals surface area contributed by atoms with Gasteiger partial charge in [0.2, 0.25) is 11.8 Å². The first-order valence-electron chi connectivity index (χ1n) is 11.6. The van der Waals surface area contributed by atoms with E-state index in [0.717, 1.165) is 43.9 Å². The fourth-order valence-corrected chi connectivity index (χ4v) is 4.84. The van der Waals surface area contributed by atoms with Gasteiger partial charge in [-0.05, 0) is 41.3 Å². The molecule has 3 N–H and O–H groups in total. The third-order valence-electron chi connectivity index (χ3n) is 6.66. The van der Waals surface area contributed by atoms with Gasteiger partial charge in [-0.15, -0.1) is 0 Å². The van der Waals surface area contributed by atoms with Gasteiger partial charge in [0.1, 0.15) is 6.04 Å². The van der Waals surface area contributed by atoms with E-state index in [0.29, 0.717) is 25.1 Å². The number of nitrogens with zero attached hydrogens (tertiary/aromatic N) is 2. The lowest BCUT2D eigenvalue weighted by molar-refractivity contribution is -0.136. The van der Waals surface area contributed by atoms with E-state index in [2.05, 4.69) is 45.1 Å². The maximum absolute atomic E-state index is 12.8. The number of hydrogen-bond acceptors (Lipinski definition) is 6. The summed E-state index contributed by atoms with van der Waals surface area (Å²) < 4.78 is 0. The Hall–Kier alpha value is -3.23. The molecule has 2 aromatic carbocycles. The molecule has 0 bridgehead atoms. The third-order valence-corrected chi connectivity index (χ3v) is 6.66. The van der Waals surface area contributed by atoms with Crippen molar-refractivity contribution >= 4 is 23.4 Å². The second kappa shape index (κ2) is 9.33. The van der Waals surface area contributed by atoms with Crippen molar-refractivity contribution in [3.63, 3.8) is 0 Å². The summed E-state index contributed by atoms with van der Waals surface area (Å²) in [4.78, 5) is 40.4. The maximum Gasteiger partial charge on any atom is 0.255 e. The summed E-state index contributed by atoms with van der Waals surface area (Å²) in [6.07, 6.45) is 0.647. The van der Waals surface area contributed by atoms with Crippen molar-refractivity contribution in [2.75, 3.05) is 31.1 Å². The highest BCUT2D eigenvalue weighted by Crippen LogP contribution is 2.28. The molecule has 3 aliphatic heterocycles. The molecule has 2 saturated heterocycles. The van der Waals surface area contributed by atoms with E-state index in [4.69, 9.17) is 0 Å². The highest BCUT2D eigenvalue weighted by Gasteiger charge is 2.39. The van der Waals surface area contributed by atoms with E-state index >= 15 is 0 Å². The minimum Gasteiger partial charge on any atom is -0.369 e. The third kappa shape index (κ3) is 4.62. The first-order chi connectivity index (χ1) is 16.1. The molecular formula is C25H29N5O3. The minimum atomic E-state index is -0.576. The Kier molecular flexibility index (Phi) is 6.11. The van der Waals surface area contributed by atoms with Crippen molar-refractivity contribution < 1.29 is 14.4 Å². The van der Waals surface area contributed by atoms with Gasteiger partial charge in [-0.2, -0.15) is 0 Å². The first kappa shape index (κ1) is 21.6. The number of anilines is 1. The number of amides is 3. The van der Waals surface area contributed by atoms with Crippen LogP contribution in [0.5, 0.6) is 0 Å². The van der Waals surface area contributed by atoms with Gasteiger partial charge in [0.15, 0.2) is 0 Å². The number of carbonyl (C=O) groups is 3. The largest absolute Gasteiger partial charge is 0.369 e. The average Bonchev–Trinajstić information content (AvgIpc) is 3.15. The second-order valence-corrected chi connectivity index (χ2v) is 8.90. The number of piperazine rings is 1. The number of hydrogen-bond donors (Lipinski definition) is 3. The van der Waals surface area contributed by atoms with Crippen LogP contribution in [0.4, 0.5) is 5.69 Å². The van der Waals surface area contributed by atoms with Crippen molar-refractivity contribution in [2.45, 2.75) is 38.5 Å². The maximum atomic E-state index is 12.8. The molecule has 3 aliphatic rings. The number of fused-ring (bicyclic) bond motifs is 1. The van der Waals surface area contributed by atoms with Crippen LogP contribution in [0.1, 0.15) is 39.9 Å². The normalized spacial score (nSPS) is 20.7. The van der Waals surface area contributed by atoms with Crippen LogP contribution >= 0.6 is 0 Å². The zero-order chi connectivity index (χ0) is 22.8. The zero-order valence-electron chi connectivity index (χ0n) is 18.6. The highest BCUT2D eigenvalue weighted by atomic mass is 16.2. The lowest BCUT2D eigenvalue weighted by Crippen LogP contribution is -2.52. The molecule has 0 radical (unpaired) electrons. The van der Waals surface area contributed by atoms with Gasteiger partial charge >= 0.3 is 0 Å². The number of nitrogens with one attached hydrogen (secondary N) is 3. The summed E-state index contributed by atoms with van der Waals surface area (Å²) in [7, 11) is 0. The zero-order valence-corrected chi connectivity index (χ0v) is 18.6. The van der Waals surface area contributed by atoms with Gasteiger partial charge in [0.25, 0.3) is 5.91 Å². The van der Waals surface area contributed by atoms with Crippen LogP contribution in [0.15, 0.2) is 42.5 Å². The van der Waals surface area contributed by atoms with E-state index in [1.807, 2.05) is 18.2 Å². The Morgan fingerprint density at radius 1 is 0.939 bits per heavy atom. The van der Waals surface area contributed by atoms with E-state index in [-0.39, 0.29) is 24.1 Å². The molecule has 0 spiro atoms. The Labute approximate surface area is 193 Å². The predicted octanol–water partition coefficient (Wildman–Crippen LogP) is 1.15. The molecule has 5 rings (SSSR count). The highest BCUT2D eigenvalue weighted by molar-refractivity contribution is 6.05. The van der Waals surface area contributed by atoms with Crippen LogP contribution in [-0.4, -0.2) is 54.8 Å². The molecule has 8 nitrogen and oxygen atoms in total. The molecular weight excluding hydrogens is 418 g/mol. The smallest absolute Gasteiger partial charge is 0.255 e. The minimum absolute atomic E-state index is 0.136. The predicted molar refractivity (Wildman–Crippen MR) is 125 cm³/mol. The summed E-state index contributed by atoms with van der Waals surface area (Å²) in [5.74, 6) is -0.784. The number of carbonyl (C=O) groups excluding carboxylic acids is 3. The van der Waals surface area contributed by atoms with Gasteiger partial charge in [-0.1, -0.05) is 24.3 Å². The Bertz CT molecular complexity index is 1060. The van der Waals surface area contributed by atoms with E-state index in [1.165, 1.54) is 11.3 Å². The van der Waals surface area contributed by atoms with Crippen molar-refractivity contribution in [2.24, 2.45) is 0 Å². The van der Waals surface area contributed by atoms with Crippen LogP contribution in [-0.2, 0) is 29.2 Å². The summed E-state index contributed by atoms with van der Waals surface area (Å²) in [6.45, 7) is 6.00. The number of imide groups is 1. The molecule has 33 heavy (non-hydrogen) atoms. The van der Waals surface area contributed by atoms with Gasteiger partial charge in [-0.3, -0.25) is 19.7 Å². The van der Waals surface area contributed by atoms with Crippen molar-refractivity contribution in [3.05, 3.63) is 64.7 Å².